The first kappa shape index (κ1) is 34.8. The average molecular weight is 744 g/mol. The van der Waals surface area contributed by atoms with Gasteiger partial charge in [-0.15, -0.1) is 0 Å². The van der Waals surface area contributed by atoms with Gasteiger partial charge in [-0.05, 0) is 12.8 Å². The molecule has 10 heteroatoms. The summed E-state index contributed by atoms with van der Waals surface area (Å²) in [5.41, 5.74) is 0. The molecule has 0 aromatic carbocycles. The average Bonchev–Trinajstić information content (AvgIpc) is 3.12. The highest BCUT2D eigenvalue weighted by Gasteiger charge is 2.27. The monoisotopic (exact) mass is 744 g/mol. The number of esters is 2. The van der Waals surface area contributed by atoms with Crippen LogP contribution in [0.4, 0.5) is 0 Å². The molecule has 0 amide bonds. The highest BCUT2D eigenvalue weighted by atomic mass is 31.2. The molecule has 298 valence electrons. The van der Waals surface area contributed by atoms with Crippen LogP contribution in [0.2, 0.25) is 0 Å². The zero-order valence-corrected chi connectivity index (χ0v) is 33.2. The van der Waals surface area contributed by atoms with Gasteiger partial charge in [-0.2, -0.15) is 0 Å². The Labute approximate surface area is 321 Å². The van der Waals surface area contributed by atoms with E-state index in [0.717, 1.165) is 57.8 Å². The second kappa shape index (κ2) is 33.8. The summed E-state index contributed by atoms with van der Waals surface area (Å²) in [4.78, 5) is 35.4. The number of nitrogens with zero attached hydrogens (tertiary/aromatic N) is 1. The van der Waals surface area contributed by atoms with Gasteiger partial charge in [-0.3, -0.25) is 18.6 Å². The zero-order valence-electron chi connectivity index (χ0n) is 41.3. The number of rotatable bonds is 38. The lowest BCUT2D eigenvalue weighted by atomic mass is 10.0. The Hall–Kier alpha value is -0.990. The van der Waals surface area contributed by atoms with Crippen LogP contribution in [0.3, 0.4) is 0 Å². The van der Waals surface area contributed by atoms with Gasteiger partial charge in [0.2, 0.25) is 0 Å². The van der Waals surface area contributed by atoms with Crippen LogP contribution in [0, 0.1) is 0 Å². The molecular weight excluding hydrogens is 653 g/mol. The summed E-state index contributed by atoms with van der Waals surface area (Å²) in [7, 11) is 1.30. The maximum Gasteiger partial charge on any atom is 0.472 e. The molecule has 0 bridgehead atoms. The highest BCUT2D eigenvalue weighted by molar-refractivity contribution is 7.47. The van der Waals surface area contributed by atoms with Crippen molar-refractivity contribution in [2.24, 2.45) is 0 Å². The highest BCUT2D eigenvalue weighted by Crippen LogP contribution is 2.43. The number of carbonyl (C=O) groups excluding carboxylic acids is 2. The van der Waals surface area contributed by atoms with Crippen LogP contribution < -0.4 is 0 Å². The number of ether oxygens (including phenoxy) is 2. The minimum Gasteiger partial charge on any atom is -0.462 e. The smallest absolute Gasteiger partial charge is 0.462 e. The Morgan fingerprint density at radius 1 is 0.660 bits per heavy atom. The summed E-state index contributed by atoms with van der Waals surface area (Å²) < 4.78 is 103. The van der Waals surface area contributed by atoms with Crippen molar-refractivity contribution in [2.75, 3.05) is 47.5 Å². The van der Waals surface area contributed by atoms with E-state index in [0.29, 0.717) is 36.7 Å². The van der Waals surface area contributed by atoms with Crippen molar-refractivity contribution in [1.82, 2.24) is 0 Å². The predicted molar refractivity (Wildman–Crippen MR) is 206 cm³/mol. The fourth-order valence-electron chi connectivity index (χ4n) is 5.38. The summed E-state index contributed by atoms with van der Waals surface area (Å²) >= 11 is 0. The second-order valence-electron chi connectivity index (χ2n) is 14.5. The summed E-state index contributed by atoms with van der Waals surface area (Å²) in [6.07, 6.45) is 11.8. The van der Waals surface area contributed by atoms with E-state index in [9.17, 15) is 19.0 Å². The molecule has 0 aromatic rings. The molecule has 1 N–H and O–H groups in total. The van der Waals surface area contributed by atoms with E-state index in [1.165, 1.54) is 57.8 Å². The fraction of sp³-hybridized carbons (Fsp3) is 0.950. The van der Waals surface area contributed by atoms with Gasteiger partial charge in [-0.1, -0.05) is 168 Å². The first-order chi connectivity index (χ1) is 27.4. The lowest BCUT2D eigenvalue weighted by Gasteiger charge is -2.24. The largest absolute Gasteiger partial charge is 0.472 e. The number of unbranched alkanes of at least 4 members (excludes halogenated alkanes) is 20. The number of likely N-dealkylation sites (N-methyl/N-ethyl adjacent to an activating group) is 1. The maximum absolute atomic E-state index is 12.7. The third-order valence-corrected chi connectivity index (χ3v) is 9.47. The summed E-state index contributed by atoms with van der Waals surface area (Å²) in [6, 6.07) is 0. The molecule has 0 rings (SSSR count). The van der Waals surface area contributed by atoms with Crippen LogP contribution in [0.1, 0.15) is 206 Å². The number of phosphoric ester groups is 1. The normalized spacial score (nSPS) is 17.4. The third-order valence-electron chi connectivity index (χ3n) is 8.49. The molecule has 0 aliphatic carbocycles. The first-order valence-electron chi connectivity index (χ1n) is 24.2. The minimum atomic E-state index is -4.44. The van der Waals surface area contributed by atoms with Gasteiger partial charge in [-0.25, -0.2) is 4.57 Å². The van der Waals surface area contributed by atoms with Crippen molar-refractivity contribution >= 4 is 19.8 Å². The zero-order chi connectivity index (χ0) is 45.1. The third kappa shape index (κ3) is 36.8. The van der Waals surface area contributed by atoms with Gasteiger partial charge in [0, 0.05) is 25.2 Å². The summed E-state index contributed by atoms with van der Waals surface area (Å²) in [5, 5.41) is 0. The fourth-order valence-corrected chi connectivity index (χ4v) is 6.12. The van der Waals surface area contributed by atoms with Crippen molar-refractivity contribution in [3.8, 4) is 0 Å². The standard InChI is InChI=1S/C40H80NO8P/c1-6-8-10-12-14-16-18-20-22-24-26-28-30-32-39(42)46-36-38(37-48-50(44,45)47-35-34-41(3,4)5)49-40(43)33-31-29-27-25-23-21-19-17-15-13-11-9-7-2/h38H,6-37H2,1-5H3/p+1/t38-/m1/s1/i1D3,6D2,8D2,10D2. The van der Waals surface area contributed by atoms with Gasteiger partial charge in [0.25, 0.3) is 0 Å². The van der Waals surface area contributed by atoms with E-state index in [1.807, 2.05) is 21.1 Å². The van der Waals surface area contributed by atoms with E-state index in [2.05, 4.69) is 6.92 Å². The van der Waals surface area contributed by atoms with Crippen molar-refractivity contribution in [2.45, 2.75) is 200 Å². The van der Waals surface area contributed by atoms with E-state index >= 15 is 0 Å². The summed E-state index contributed by atoms with van der Waals surface area (Å²) in [5.74, 6) is -0.972. The van der Waals surface area contributed by atoms with Crippen LogP contribution in [-0.4, -0.2) is 74.9 Å². The van der Waals surface area contributed by atoms with E-state index in [1.54, 1.807) is 0 Å². The van der Waals surface area contributed by atoms with Crippen molar-refractivity contribution in [3.63, 3.8) is 0 Å². The molecule has 50 heavy (non-hydrogen) atoms. The lowest BCUT2D eigenvalue weighted by molar-refractivity contribution is -0.870. The molecule has 1 unspecified atom stereocenters. The van der Waals surface area contributed by atoms with Gasteiger partial charge >= 0.3 is 19.8 Å². The molecular formula is C40H81NO8P+. The van der Waals surface area contributed by atoms with Gasteiger partial charge < -0.3 is 18.9 Å². The lowest BCUT2D eigenvalue weighted by Crippen LogP contribution is -2.37. The Bertz CT molecular complexity index is 1170. The Balaban J connectivity index is 4.52. The van der Waals surface area contributed by atoms with Gasteiger partial charge in [0.05, 0.1) is 27.7 Å². The molecule has 0 saturated heterocycles. The van der Waals surface area contributed by atoms with Crippen LogP contribution in [0.15, 0.2) is 0 Å². The number of phosphoric acid groups is 1. The Morgan fingerprint density at radius 2 is 1.12 bits per heavy atom. The van der Waals surface area contributed by atoms with Crippen molar-refractivity contribution in [1.29, 1.82) is 0 Å². The molecule has 0 heterocycles. The molecule has 0 spiro atoms. The number of quaternary nitrogens is 1. The van der Waals surface area contributed by atoms with Crippen LogP contribution in [0.25, 0.3) is 0 Å². The van der Waals surface area contributed by atoms with E-state index < -0.39 is 58.4 Å². The molecule has 2 atom stereocenters. The molecule has 0 aliphatic heterocycles. The summed E-state index contributed by atoms with van der Waals surface area (Å²) in [6.45, 7) is -1.40. The Kier molecular flexibility index (Phi) is 23.5. The van der Waals surface area contributed by atoms with Crippen LogP contribution in [-0.2, 0) is 32.7 Å². The number of carbonyl (C=O) groups is 2. The van der Waals surface area contributed by atoms with E-state index in [4.69, 9.17) is 30.9 Å². The minimum absolute atomic E-state index is 0.0172. The van der Waals surface area contributed by atoms with Gasteiger partial charge in [0.1, 0.15) is 19.8 Å². The number of hydrogen-bond donors (Lipinski definition) is 1. The second-order valence-corrected chi connectivity index (χ2v) is 16.0. The first-order valence-corrected chi connectivity index (χ1v) is 21.2. The quantitative estimate of drug-likeness (QED) is 0.0288. The SMILES string of the molecule is [2H]C([2H])([2H])C([2H])([2H])C([2H])([2H])C([2H])([2H])CCCCCCCCCCCC(=O)OC[C@H](COP(=O)(O)OCC[N+](C)(C)C)OC(=O)CCCCCCCCCCCCCCC. The maximum atomic E-state index is 12.7. The predicted octanol–water partition coefficient (Wildman–Crippen LogP) is 11.2. The topological polar surface area (TPSA) is 108 Å². The molecule has 0 radical (unpaired) electrons. The van der Waals surface area contributed by atoms with Crippen molar-refractivity contribution < 1.29 is 54.4 Å². The van der Waals surface area contributed by atoms with Gasteiger partial charge in [0.15, 0.2) is 6.10 Å². The van der Waals surface area contributed by atoms with Crippen molar-refractivity contribution in [3.05, 3.63) is 0 Å². The number of hydrogen-bond acceptors (Lipinski definition) is 7. The molecule has 0 saturated carbocycles. The van der Waals surface area contributed by atoms with Crippen LogP contribution in [0.5, 0.6) is 0 Å². The van der Waals surface area contributed by atoms with Crippen LogP contribution >= 0.6 is 7.82 Å². The molecule has 0 aliphatic rings. The van der Waals surface area contributed by atoms with E-state index in [-0.39, 0.29) is 32.5 Å². The molecule has 9 nitrogen and oxygen atoms in total. The molecule has 0 fully saturated rings. The Morgan fingerprint density at radius 3 is 1.60 bits per heavy atom. The molecule has 0 aromatic heterocycles.